The Hall–Kier alpha value is 0.940. The van der Waals surface area contributed by atoms with Gasteiger partial charge in [-0.25, -0.2) is 0 Å². The van der Waals surface area contributed by atoms with Crippen molar-refractivity contribution in [2.24, 2.45) is 11.8 Å². The molecule has 4 nitrogen and oxygen atoms in total. The van der Waals surface area contributed by atoms with Crippen LogP contribution in [0.15, 0.2) is 0 Å². The fourth-order valence-electron chi connectivity index (χ4n) is 1.56. The first-order valence-electron chi connectivity index (χ1n) is 4.03. The van der Waals surface area contributed by atoms with Gasteiger partial charge in [0.05, 0.1) is 0 Å². The molecule has 0 N–H and O–H groups in total. The van der Waals surface area contributed by atoms with Gasteiger partial charge in [0.1, 0.15) is 0 Å². The van der Waals surface area contributed by atoms with Gasteiger partial charge in [-0.2, -0.15) is 0 Å². The SMILES string of the molecule is O=C([O-])[C@H]1CC[C@H](C(=O)[O-])CC1.[Na+].[Na+]. The van der Waals surface area contributed by atoms with Gasteiger partial charge in [-0.3, -0.25) is 0 Å². The second kappa shape index (κ2) is 8.13. The summed E-state index contributed by atoms with van der Waals surface area (Å²) in [5, 5.41) is 20.7. The normalized spacial score (nSPS) is 25.4. The predicted molar refractivity (Wildman–Crippen MR) is 35.5 cm³/mol. The Morgan fingerprint density at radius 2 is 1.00 bits per heavy atom. The molecule has 0 aromatic rings. The summed E-state index contributed by atoms with van der Waals surface area (Å²) in [5.41, 5.74) is 0. The first kappa shape index (κ1) is 17.3. The Balaban J connectivity index is 0. The van der Waals surface area contributed by atoms with E-state index < -0.39 is 23.8 Å². The maximum absolute atomic E-state index is 10.4. The summed E-state index contributed by atoms with van der Waals surface area (Å²) in [6.07, 6.45) is 1.62. The van der Waals surface area contributed by atoms with Gasteiger partial charge >= 0.3 is 59.1 Å². The van der Waals surface area contributed by atoms with Crippen LogP contribution in [0, 0.1) is 11.8 Å². The zero-order chi connectivity index (χ0) is 9.14. The van der Waals surface area contributed by atoms with E-state index in [0.29, 0.717) is 25.7 Å². The number of carboxylic acid groups (broad SMARTS) is 2. The summed E-state index contributed by atoms with van der Waals surface area (Å²) in [5.74, 6) is -3.04. The average Bonchev–Trinajstić information content (AvgIpc) is 2.04. The van der Waals surface area contributed by atoms with Gasteiger partial charge < -0.3 is 19.8 Å². The van der Waals surface area contributed by atoms with Crippen LogP contribution in [0.25, 0.3) is 0 Å². The van der Waals surface area contributed by atoms with Crippen molar-refractivity contribution in [2.75, 3.05) is 0 Å². The first-order chi connectivity index (χ1) is 5.61. The van der Waals surface area contributed by atoms with Gasteiger partial charge in [0.15, 0.2) is 0 Å². The van der Waals surface area contributed by atoms with Crippen LogP contribution in [0.2, 0.25) is 0 Å². The zero-order valence-electron chi connectivity index (χ0n) is 8.62. The Bertz CT molecular complexity index is 178. The van der Waals surface area contributed by atoms with Crippen molar-refractivity contribution in [3.63, 3.8) is 0 Å². The quantitative estimate of drug-likeness (QED) is 0.429. The van der Waals surface area contributed by atoms with Gasteiger partial charge in [-0.1, -0.05) is 0 Å². The van der Waals surface area contributed by atoms with Crippen LogP contribution in [-0.4, -0.2) is 11.9 Å². The maximum Gasteiger partial charge on any atom is 1.00 e. The van der Waals surface area contributed by atoms with Gasteiger partial charge in [0.25, 0.3) is 0 Å². The molecule has 0 atom stereocenters. The average molecular weight is 216 g/mol. The monoisotopic (exact) mass is 216 g/mol. The van der Waals surface area contributed by atoms with E-state index in [4.69, 9.17) is 0 Å². The predicted octanol–water partition coefficient (Wildman–Crippen LogP) is -7.70. The Kier molecular flexibility index (Phi) is 10.1. The van der Waals surface area contributed by atoms with E-state index in [0.717, 1.165) is 0 Å². The molecule has 6 heteroatoms. The molecular formula is C8H10Na2O4. The molecule has 0 spiro atoms. The fraction of sp³-hybridized carbons (Fsp3) is 0.750. The largest absolute Gasteiger partial charge is 1.00 e. The third kappa shape index (κ3) is 5.14. The van der Waals surface area contributed by atoms with E-state index in [9.17, 15) is 19.8 Å². The molecule has 0 aliphatic heterocycles. The zero-order valence-corrected chi connectivity index (χ0v) is 12.6. The Morgan fingerprint density at radius 1 is 0.786 bits per heavy atom. The Morgan fingerprint density at radius 3 is 1.14 bits per heavy atom. The van der Waals surface area contributed by atoms with Crippen molar-refractivity contribution in [2.45, 2.75) is 25.7 Å². The molecule has 0 unspecified atom stereocenters. The summed E-state index contributed by atoms with van der Waals surface area (Å²) in [4.78, 5) is 20.7. The van der Waals surface area contributed by atoms with Crippen molar-refractivity contribution >= 4 is 11.9 Å². The fourth-order valence-corrected chi connectivity index (χ4v) is 1.56. The minimum Gasteiger partial charge on any atom is -0.550 e. The van der Waals surface area contributed by atoms with E-state index in [1.165, 1.54) is 0 Å². The van der Waals surface area contributed by atoms with Gasteiger partial charge in [0, 0.05) is 11.9 Å². The minimum atomic E-state index is -1.06. The third-order valence-corrected chi connectivity index (χ3v) is 2.39. The molecule has 1 aliphatic rings. The molecule has 68 valence electrons. The number of carbonyl (C=O) groups is 2. The molecule has 0 bridgehead atoms. The number of hydrogen-bond donors (Lipinski definition) is 0. The van der Waals surface area contributed by atoms with Crippen molar-refractivity contribution in [3.8, 4) is 0 Å². The molecule has 0 aromatic heterocycles. The number of carbonyl (C=O) groups excluding carboxylic acids is 2. The number of carboxylic acids is 2. The van der Waals surface area contributed by atoms with Crippen molar-refractivity contribution < 1.29 is 78.9 Å². The van der Waals surface area contributed by atoms with Crippen LogP contribution < -0.4 is 69.3 Å². The van der Waals surface area contributed by atoms with Gasteiger partial charge in [-0.05, 0) is 37.5 Å². The van der Waals surface area contributed by atoms with E-state index >= 15 is 0 Å². The standard InChI is InChI=1S/C8H12O4.2Na/c9-7(10)5-1-2-6(4-3-5)8(11)12;;/h5-6H,1-4H2,(H,9,10)(H,11,12);;/q;2*+1/p-2/t5-,6-;;. The van der Waals surface area contributed by atoms with Gasteiger partial charge in [-0.15, -0.1) is 0 Å². The summed E-state index contributed by atoms with van der Waals surface area (Å²) >= 11 is 0. The minimum absolute atomic E-state index is 0. The molecule has 0 radical (unpaired) electrons. The van der Waals surface area contributed by atoms with Crippen LogP contribution >= 0.6 is 0 Å². The van der Waals surface area contributed by atoms with Crippen LogP contribution in [0.3, 0.4) is 0 Å². The first-order valence-corrected chi connectivity index (χ1v) is 4.03. The summed E-state index contributed by atoms with van der Waals surface area (Å²) in [6, 6.07) is 0. The summed E-state index contributed by atoms with van der Waals surface area (Å²) in [7, 11) is 0. The molecule has 1 fully saturated rings. The third-order valence-electron chi connectivity index (χ3n) is 2.39. The number of aliphatic carboxylic acids is 2. The maximum atomic E-state index is 10.4. The van der Waals surface area contributed by atoms with Crippen LogP contribution in [0.5, 0.6) is 0 Å². The van der Waals surface area contributed by atoms with Crippen molar-refractivity contribution in [1.82, 2.24) is 0 Å². The van der Waals surface area contributed by atoms with Crippen LogP contribution in [0.1, 0.15) is 25.7 Å². The second-order valence-corrected chi connectivity index (χ2v) is 3.19. The van der Waals surface area contributed by atoms with Gasteiger partial charge in [0.2, 0.25) is 0 Å². The van der Waals surface area contributed by atoms with E-state index in [-0.39, 0.29) is 59.1 Å². The van der Waals surface area contributed by atoms with E-state index in [2.05, 4.69) is 0 Å². The second-order valence-electron chi connectivity index (χ2n) is 3.19. The summed E-state index contributed by atoms with van der Waals surface area (Å²) < 4.78 is 0. The van der Waals surface area contributed by atoms with E-state index in [1.807, 2.05) is 0 Å². The smallest absolute Gasteiger partial charge is 0.550 e. The number of rotatable bonds is 2. The van der Waals surface area contributed by atoms with Crippen LogP contribution in [-0.2, 0) is 9.59 Å². The van der Waals surface area contributed by atoms with Crippen molar-refractivity contribution in [3.05, 3.63) is 0 Å². The number of hydrogen-bond acceptors (Lipinski definition) is 4. The molecule has 1 rings (SSSR count). The topological polar surface area (TPSA) is 80.3 Å². The molecular weight excluding hydrogens is 206 g/mol. The molecule has 1 aliphatic carbocycles. The molecule has 1 saturated carbocycles. The van der Waals surface area contributed by atoms with Crippen molar-refractivity contribution in [1.29, 1.82) is 0 Å². The van der Waals surface area contributed by atoms with E-state index in [1.54, 1.807) is 0 Å². The van der Waals surface area contributed by atoms with Crippen LogP contribution in [0.4, 0.5) is 0 Å². The summed E-state index contributed by atoms with van der Waals surface area (Å²) in [6.45, 7) is 0. The molecule has 14 heavy (non-hydrogen) atoms. The Labute approximate surface area is 127 Å². The molecule has 0 amide bonds. The molecule has 0 heterocycles. The molecule has 0 saturated heterocycles. The molecule has 0 aromatic carbocycles.